The van der Waals surface area contributed by atoms with Crippen molar-refractivity contribution in [2.75, 3.05) is 0 Å². The van der Waals surface area contributed by atoms with E-state index < -0.39 is 10.4 Å². The number of hydrogen-bond donors (Lipinski definition) is 2. The summed E-state index contributed by atoms with van der Waals surface area (Å²) in [5, 5.41) is 0. The van der Waals surface area contributed by atoms with Crippen molar-refractivity contribution in [2.24, 2.45) is 0 Å². The van der Waals surface area contributed by atoms with Gasteiger partial charge in [0, 0.05) is 0 Å². The molecule has 0 amide bonds. The molecule has 0 bridgehead atoms. The van der Waals surface area contributed by atoms with Crippen LogP contribution in [0.4, 0.5) is 0 Å². The van der Waals surface area contributed by atoms with Crippen LogP contribution in [-0.4, -0.2) is 66.4 Å². The molecule has 2 N–H and O–H groups in total. The Morgan fingerprint density at radius 3 is 1.14 bits per heavy atom. The summed E-state index contributed by atoms with van der Waals surface area (Å²) in [4.78, 5) is 0. The Hall–Kier alpha value is 2.91. The third kappa shape index (κ3) is 50.3. The average Bonchev–Trinajstić information content (AvgIpc) is 0.722. The topological polar surface area (TPSA) is 74.6 Å². The fourth-order valence-electron chi connectivity index (χ4n) is 0. The summed E-state index contributed by atoms with van der Waals surface area (Å²) < 4.78 is 31.6. The molecule has 7 heavy (non-hydrogen) atoms. The average molecular weight is 465 g/mol. The van der Waals surface area contributed by atoms with Gasteiger partial charge in [0.25, 0.3) is 0 Å². The predicted octanol–water partition coefficient (Wildman–Crippen LogP) is -2.10. The molecule has 0 aromatic heterocycles. The molecular weight excluding hydrogens is 459 g/mol. The van der Waals surface area contributed by atoms with Crippen LogP contribution in [0.1, 0.15) is 0 Å². The molecule has 0 saturated heterocycles. The molecule has 0 atom stereocenters. The molecule has 0 heterocycles. The number of hydrogen-bond acceptors (Lipinski definition) is 2. The normalized spacial score (nSPS) is 8.29. The fraction of sp³-hybridized carbons (Fsp3) is 0. The first-order valence-corrected chi connectivity index (χ1v) is 2.10. The zero-order chi connectivity index (χ0) is 4.50. The van der Waals surface area contributed by atoms with Crippen molar-refractivity contribution in [3.63, 3.8) is 0 Å². The molecule has 0 aliphatic heterocycles. The van der Waals surface area contributed by atoms with Gasteiger partial charge >= 0.3 is 104 Å². The van der Waals surface area contributed by atoms with Gasteiger partial charge in [-0.1, -0.05) is 0 Å². The molecule has 0 unspecified atom stereocenters. The van der Waals surface area contributed by atoms with E-state index in [-0.39, 0.29) is 93.9 Å². The van der Waals surface area contributed by atoms with Crippen molar-refractivity contribution in [1.29, 1.82) is 0 Å². The second-order valence-electron chi connectivity index (χ2n) is 0.448. The van der Waals surface area contributed by atoms with Crippen LogP contribution in [0, 0.1) is 45.0 Å². The number of rotatable bonds is 0. The Labute approximate surface area is 119 Å². The van der Waals surface area contributed by atoms with E-state index in [0.29, 0.717) is 0 Å². The Bertz CT molecular complexity index is 94.9. The molecule has 0 radical (unpaired) electrons. The van der Waals surface area contributed by atoms with Gasteiger partial charge in [-0.05, 0) is 0 Å². The van der Waals surface area contributed by atoms with Crippen molar-refractivity contribution in [1.82, 2.24) is 0 Å². The van der Waals surface area contributed by atoms with Crippen LogP contribution in [0.2, 0.25) is 0 Å². The minimum absolute atomic E-state index is 0. The second kappa shape index (κ2) is 7.02. The summed E-state index contributed by atoms with van der Waals surface area (Å²) in [5.74, 6) is 0. The molecule has 0 rings (SSSR count). The van der Waals surface area contributed by atoms with E-state index in [1.165, 1.54) is 0 Å². The van der Waals surface area contributed by atoms with Gasteiger partial charge in [0.15, 0.2) is 0 Å². The van der Waals surface area contributed by atoms with Gasteiger partial charge in [0.05, 0.1) is 0 Å². The summed E-state index contributed by atoms with van der Waals surface area (Å²) in [6, 6.07) is 0. The van der Waals surface area contributed by atoms with Gasteiger partial charge < -0.3 is 0 Å². The molecule has 40 valence electrons. The summed E-state index contributed by atoms with van der Waals surface area (Å²) in [6.45, 7) is 0. The van der Waals surface area contributed by atoms with Crippen molar-refractivity contribution in [3.05, 3.63) is 0 Å². The molecule has 0 saturated carbocycles. The van der Waals surface area contributed by atoms with Gasteiger partial charge in [-0.2, -0.15) is 8.42 Å². The van der Waals surface area contributed by atoms with Crippen molar-refractivity contribution < 1.29 is 62.5 Å². The SMILES string of the molecule is O=S(=O)(O)O.[BaH2].[RaH2]. The van der Waals surface area contributed by atoms with E-state index >= 15 is 0 Å². The Kier molecular flexibility index (Phi) is 16.5. The fourth-order valence-corrected chi connectivity index (χ4v) is 0. The van der Waals surface area contributed by atoms with Gasteiger partial charge in [-0.3, -0.25) is 9.11 Å². The van der Waals surface area contributed by atoms with Crippen molar-refractivity contribution in [3.8, 4) is 0 Å². The first-order valence-electron chi connectivity index (χ1n) is 0.698. The van der Waals surface area contributed by atoms with Crippen LogP contribution in [0.5, 0.6) is 0 Å². The Balaban J connectivity index is -0.0000000800. The van der Waals surface area contributed by atoms with E-state index in [2.05, 4.69) is 0 Å². The zero-order valence-corrected chi connectivity index (χ0v) is 2.94. The van der Waals surface area contributed by atoms with Crippen molar-refractivity contribution >= 4 is 59.3 Å². The van der Waals surface area contributed by atoms with Gasteiger partial charge in [-0.15, -0.1) is 0 Å². The standard InChI is InChI=1S/Ba.H2O4S.Ra.4H/c;1-5(2,3)4;;;;;/h;(H2,1,2,3,4);;;;;. The maximum atomic E-state index is 8.74. The third-order valence-corrected chi connectivity index (χ3v) is 0. The molecule has 0 aliphatic rings. The Morgan fingerprint density at radius 1 is 1.14 bits per heavy atom. The van der Waals surface area contributed by atoms with Crippen molar-refractivity contribution in [2.45, 2.75) is 0 Å². The molecular formula is H6BaO4RaS. The van der Waals surface area contributed by atoms with Crippen LogP contribution in [-0.2, 0) is 10.4 Å². The quantitative estimate of drug-likeness (QED) is 0.318. The van der Waals surface area contributed by atoms with Gasteiger partial charge in [-0.25, -0.2) is 0 Å². The first kappa shape index (κ1) is 16.5. The van der Waals surface area contributed by atoms with E-state index in [4.69, 9.17) is 17.5 Å². The summed E-state index contributed by atoms with van der Waals surface area (Å²) in [6.07, 6.45) is 0. The van der Waals surface area contributed by atoms with E-state index in [0.717, 1.165) is 0 Å². The molecule has 0 aliphatic carbocycles. The van der Waals surface area contributed by atoms with Crippen LogP contribution >= 0.6 is 0 Å². The van der Waals surface area contributed by atoms with E-state index in [1.807, 2.05) is 0 Å². The van der Waals surface area contributed by atoms with Crippen LogP contribution in [0.25, 0.3) is 0 Å². The monoisotopic (exact) mass is 466 g/mol. The summed E-state index contributed by atoms with van der Waals surface area (Å²) in [5.41, 5.74) is 0. The molecule has 0 spiro atoms. The predicted molar refractivity (Wildman–Crippen MR) is 25.5 cm³/mol. The van der Waals surface area contributed by atoms with Crippen LogP contribution < -0.4 is 0 Å². The molecule has 0 aromatic rings. The maximum absolute atomic E-state index is 8.74. The third-order valence-electron chi connectivity index (χ3n) is 0. The molecule has 7 heteroatoms. The molecule has 4 nitrogen and oxygen atoms in total. The molecule has 0 fully saturated rings. The van der Waals surface area contributed by atoms with Gasteiger partial charge in [0.2, 0.25) is 0 Å². The summed E-state index contributed by atoms with van der Waals surface area (Å²) in [7, 11) is -4.67. The van der Waals surface area contributed by atoms with Gasteiger partial charge in [0.1, 0.15) is 0 Å². The van der Waals surface area contributed by atoms with E-state index in [9.17, 15) is 0 Å². The van der Waals surface area contributed by atoms with E-state index in [1.54, 1.807) is 0 Å². The zero-order valence-electron chi connectivity index (χ0n) is 2.12. The van der Waals surface area contributed by atoms with Crippen LogP contribution in [0.15, 0.2) is 0 Å². The minimum atomic E-state index is -4.67. The first-order chi connectivity index (χ1) is 2.00. The Morgan fingerprint density at radius 2 is 1.14 bits per heavy atom. The molecule has 0 aromatic carbocycles. The summed E-state index contributed by atoms with van der Waals surface area (Å²) >= 11 is 0. The second-order valence-corrected chi connectivity index (χ2v) is 1.34. The van der Waals surface area contributed by atoms with Crippen LogP contribution in [0.3, 0.4) is 0 Å².